The molecule has 1 aliphatic heterocycles. The van der Waals surface area contributed by atoms with Crippen molar-refractivity contribution in [3.8, 4) is 0 Å². The van der Waals surface area contributed by atoms with E-state index in [1.54, 1.807) is 6.92 Å². The smallest absolute Gasteiger partial charge is 0.160 e. The zero-order valence-electron chi connectivity index (χ0n) is 14.5. The van der Waals surface area contributed by atoms with Crippen LogP contribution in [0.5, 0.6) is 0 Å². The standard InChI is InChI=1S/C18H28N2O.ClH/c1-12-9-13(2)18(15(4)21)14(3)17(12)11-20-8-6-7-16(10-20)19-5;/h9,16,19H,6-8,10-11H2,1-5H3;1H. The molecule has 22 heavy (non-hydrogen) atoms. The van der Waals surface area contributed by atoms with Crippen molar-refractivity contribution in [1.82, 2.24) is 10.2 Å². The van der Waals surface area contributed by atoms with Crippen LogP contribution in [0.3, 0.4) is 0 Å². The number of benzene rings is 1. The molecule has 0 spiro atoms. The minimum absolute atomic E-state index is 0. The van der Waals surface area contributed by atoms with Gasteiger partial charge < -0.3 is 5.32 Å². The van der Waals surface area contributed by atoms with Crippen LogP contribution in [0.25, 0.3) is 0 Å². The number of likely N-dealkylation sites (tertiary alicyclic amines) is 1. The fraction of sp³-hybridized carbons (Fsp3) is 0.611. The number of ketones is 1. The Morgan fingerprint density at radius 1 is 1.32 bits per heavy atom. The summed E-state index contributed by atoms with van der Waals surface area (Å²) >= 11 is 0. The van der Waals surface area contributed by atoms with E-state index in [1.165, 1.54) is 29.5 Å². The van der Waals surface area contributed by atoms with Crippen molar-refractivity contribution in [2.45, 2.75) is 53.1 Å². The second kappa shape index (κ2) is 8.09. The Morgan fingerprint density at radius 3 is 2.59 bits per heavy atom. The van der Waals surface area contributed by atoms with Gasteiger partial charge in [-0.2, -0.15) is 0 Å². The van der Waals surface area contributed by atoms with Gasteiger partial charge in [0.1, 0.15) is 0 Å². The van der Waals surface area contributed by atoms with Gasteiger partial charge in [-0.1, -0.05) is 6.07 Å². The number of hydrogen-bond donors (Lipinski definition) is 1. The summed E-state index contributed by atoms with van der Waals surface area (Å²) in [6.45, 7) is 11.2. The molecule has 1 aliphatic rings. The van der Waals surface area contributed by atoms with E-state index < -0.39 is 0 Å². The highest BCUT2D eigenvalue weighted by Crippen LogP contribution is 2.25. The number of carbonyl (C=O) groups excluding carboxylic acids is 1. The Labute approximate surface area is 140 Å². The molecule has 2 rings (SSSR count). The molecule has 0 aromatic heterocycles. The summed E-state index contributed by atoms with van der Waals surface area (Å²) in [6, 6.07) is 2.76. The van der Waals surface area contributed by atoms with Gasteiger partial charge in [-0.15, -0.1) is 12.4 Å². The van der Waals surface area contributed by atoms with Crippen molar-refractivity contribution in [2.24, 2.45) is 0 Å². The van der Waals surface area contributed by atoms with Crippen LogP contribution in [0.2, 0.25) is 0 Å². The van der Waals surface area contributed by atoms with Crippen LogP contribution in [-0.4, -0.2) is 36.9 Å². The molecule has 1 saturated heterocycles. The SMILES string of the molecule is CNC1CCCN(Cc2c(C)cc(C)c(C(C)=O)c2C)C1.Cl. The number of piperidine rings is 1. The number of hydrogen-bond acceptors (Lipinski definition) is 3. The van der Waals surface area contributed by atoms with Crippen LogP contribution < -0.4 is 5.32 Å². The second-order valence-corrected chi connectivity index (χ2v) is 6.41. The van der Waals surface area contributed by atoms with Gasteiger partial charge in [-0.05, 0) is 76.4 Å². The lowest BCUT2D eigenvalue weighted by molar-refractivity contribution is 0.101. The number of halogens is 1. The fourth-order valence-corrected chi connectivity index (χ4v) is 3.67. The molecule has 1 N–H and O–H groups in total. The molecule has 1 fully saturated rings. The Balaban J connectivity index is 0.00000242. The third kappa shape index (κ3) is 4.09. The quantitative estimate of drug-likeness (QED) is 0.861. The third-order valence-corrected chi connectivity index (χ3v) is 4.78. The molecule has 0 saturated carbocycles. The highest BCUT2D eigenvalue weighted by molar-refractivity contribution is 5.97. The van der Waals surface area contributed by atoms with Gasteiger partial charge in [-0.3, -0.25) is 9.69 Å². The maximum absolute atomic E-state index is 11.9. The normalized spacial score (nSPS) is 18.9. The molecular formula is C18H29ClN2O. The van der Waals surface area contributed by atoms with Gasteiger partial charge >= 0.3 is 0 Å². The van der Waals surface area contributed by atoms with Crippen molar-refractivity contribution in [2.75, 3.05) is 20.1 Å². The summed E-state index contributed by atoms with van der Waals surface area (Å²) in [6.07, 6.45) is 2.51. The minimum Gasteiger partial charge on any atom is -0.316 e. The van der Waals surface area contributed by atoms with E-state index in [0.29, 0.717) is 6.04 Å². The Morgan fingerprint density at radius 2 is 2.00 bits per heavy atom. The third-order valence-electron chi connectivity index (χ3n) is 4.78. The van der Waals surface area contributed by atoms with E-state index >= 15 is 0 Å². The maximum Gasteiger partial charge on any atom is 0.160 e. The molecule has 1 atom stereocenters. The van der Waals surface area contributed by atoms with E-state index in [9.17, 15) is 4.79 Å². The van der Waals surface area contributed by atoms with E-state index in [0.717, 1.165) is 30.8 Å². The molecule has 124 valence electrons. The van der Waals surface area contributed by atoms with Crippen molar-refractivity contribution in [3.05, 3.63) is 33.9 Å². The van der Waals surface area contributed by atoms with Crippen molar-refractivity contribution >= 4 is 18.2 Å². The molecule has 3 nitrogen and oxygen atoms in total. The first-order valence-electron chi connectivity index (χ1n) is 7.94. The highest BCUT2D eigenvalue weighted by Gasteiger charge is 2.21. The van der Waals surface area contributed by atoms with Crippen LogP contribution >= 0.6 is 12.4 Å². The maximum atomic E-state index is 11.9. The predicted molar refractivity (Wildman–Crippen MR) is 95.3 cm³/mol. The number of nitrogens with one attached hydrogen (secondary N) is 1. The second-order valence-electron chi connectivity index (χ2n) is 6.41. The molecular weight excluding hydrogens is 296 g/mol. The summed E-state index contributed by atoms with van der Waals surface area (Å²) in [4.78, 5) is 14.4. The average Bonchev–Trinajstić information content (AvgIpc) is 2.43. The number of carbonyl (C=O) groups is 1. The van der Waals surface area contributed by atoms with E-state index in [4.69, 9.17) is 0 Å². The summed E-state index contributed by atoms with van der Waals surface area (Å²) in [5, 5.41) is 3.39. The predicted octanol–water partition coefficient (Wildman–Crippen LogP) is 3.42. The van der Waals surface area contributed by atoms with Crippen LogP contribution in [-0.2, 0) is 6.54 Å². The summed E-state index contributed by atoms with van der Waals surface area (Å²) in [5.41, 5.74) is 5.83. The molecule has 1 aromatic rings. The Bertz CT molecular complexity index is 542. The van der Waals surface area contributed by atoms with E-state index in [2.05, 4.69) is 30.1 Å². The van der Waals surface area contributed by atoms with E-state index in [-0.39, 0.29) is 18.2 Å². The molecule has 0 radical (unpaired) electrons. The van der Waals surface area contributed by atoms with Gasteiger partial charge in [-0.25, -0.2) is 0 Å². The van der Waals surface area contributed by atoms with Gasteiger partial charge in [0.15, 0.2) is 5.78 Å². The van der Waals surface area contributed by atoms with Gasteiger partial charge in [0.25, 0.3) is 0 Å². The lowest BCUT2D eigenvalue weighted by Gasteiger charge is -2.33. The first kappa shape index (κ1) is 19.1. The Kier molecular flexibility index (Phi) is 7.04. The molecule has 1 aromatic carbocycles. The highest BCUT2D eigenvalue weighted by atomic mass is 35.5. The van der Waals surface area contributed by atoms with Crippen molar-refractivity contribution < 1.29 is 4.79 Å². The molecule has 0 amide bonds. The molecule has 1 unspecified atom stereocenters. The number of aryl methyl sites for hydroxylation is 2. The zero-order valence-corrected chi connectivity index (χ0v) is 15.3. The lowest BCUT2D eigenvalue weighted by atomic mass is 9.91. The molecule has 0 bridgehead atoms. The fourth-order valence-electron chi connectivity index (χ4n) is 3.67. The van der Waals surface area contributed by atoms with Gasteiger partial charge in [0.2, 0.25) is 0 Å². The molecule has 0 aliphatic carbocycles. The summed E-state index contributed by atoms with van der Waals surface area (Å²) in [5.74, 6) is 0.179. The van der Waals surface area contributed by atoms with E-state index in [1.807, 2.05) is 14.0 Å². The van der Waals surface area contributed by atoms with Crippen LogP contribution in [0.4, 0.5) is 0 Å². The lowest BCUT2D eigenvalue weighted by Crippen LogP contribution is -2.44. The average molecular weight is 325 g/mol. The van der Waals surface area contributed by atoms with Crippen molar-refractivity contribution in [3.63, 3.8) is 0 Å². The van der Waals surface area contributed by atoms with Crippen molar-refractivity contribution in [1.29, 1.82) is 0 Å². The summed E-state index contributed by atoms with van der Waals surface area (Å²) < 4.78 is 0. The topological polar surface area (TPSA) is 32.3 Å². The Hall–Kier alpha value is -0.900. The first-order valence-corrected chi connectivity index (χ1v) is 7.94. The first-order chi connectivity index (χ1) is 9.93. The largest absolute Gasteiger partial charge is 0.316 e. The minimum atomic E-state index is 0. The van der Waals surface area contributed by atoms with Gasteiger partial charge in [0.05, 0.1) is 0 Å². The van der Waals surface area contributed by atoms with Gasteiger partial charge in [0, 0.05) is 24.7 Å². The van der Waals surface area contributed by atoms with Crippen LogP contribution in [0.1, 0.15) is 52.4 Å². The number of likely N-dealkylation sites (N-methyl/N-ethyl adjacent to an activating group) is 1. The number of Topliss-reactive ketones (excluding diaryl/α,β-unsaturated/α-hetero) is 1. The monoisotopic (exact) mass is 324 g/mol. The number of rotatable bonds is 4. The zero-order chi connectivity index (χ0) is 15.6. The van der Waals surface area contributed by atoms with Crippen LogP contribution in [0.15, 0.2) is 6.07 Å². The molecule has 1 heterocycles. The van der Waals surface area contributed by atoms with Crippen LogP contribution in [0, 0.1) is 20.8 Å². The number of nitrogens with zero attached hydrogens (tertiary/aromatic N) is 1. The molecule has 4 heteroatoms. The summed E-state index contributed by atoms with van der Waals surface area (Å²) in [7, 11) is 2.05.